The SMILES string of the molecule is Cc1ccc(C)c(-n2nnc(CN)c2C)c1. The standard InChI is InChI=1S/C12H16N4/c1-8-4-5-9(2)12(6-8)16-10(3)11(7-13)14-15-16/h4-6H,7,13H2,1-3H3. The van der Waals surface area contributed by atoms with Crippen molar-refractivity contribution in [1.29, 1.82) is 0 Å². The van der Waals surface area contributed by atoms with Gasteiger partial charge in [0.05, 0.1) is 17.1 Å². The van der Waals surface area contributed by atoms with Crippen LogP contribution in [-0.2, 0) is 6.54 Å². The monoisotopic (exact) mass is 216 g/mol. The third-order valence-electron chi connectivity index (χ3n) is 2.78. The third-order valence-corrected chi connectivity index (χ3v) is 2.78. The zero-order valence-electron chi connectivity index (χ0n) is 9.86. The summed E-state index contributed by atoms with van der Waals surface area (Å²) in [6.07, 6.45) is 0. The minimum Gasteiger partial charge on any atom is -0.325 e. The van der Waals surface area contributed by atoms with Crippen LogP contribution < -0.4 is 5.73 Å². The molecule has 0 atom stereocenters. The molecule has 4 heteroatoms. The lowest BCUT2D eigenvalue weighted by molar-refractivity contribution is 0.777. The molecule has 1 heterocycles. The summed E-state index contributed by atoms with van der Waals surface area (Å²) in [5.41, 5.74) is 10.9. The lowest BCUT2D eigenvalue weighted by Crippen LogP contribution is -2.03. The zero-order chi connectivity index (χ0) is 11.7. The summed E-state index contributed by atoms with van der Waals surface area (Å²) >= 11 is 0. The highest BCUT2D eigenvalue weighted by molar-refractivity contribution is 5.43. The summed E-state index contributed by atoms with van der Waals surface area (Å²) in [6, 6.07) is 6.29. The van der Waals surface area contributed by atoms with E-state index in [1.54, 1.807) is 0 Å². The number of nitrogens with two attached hydrogens (primary N) is 1. The van der Waals surface area contributed by atoms with E-state index in [9.17, 15) is 0 Å². The van der Waals surface area contributed by atoms with Crippen LogP contribution in [0.5, 0.6) is 0 Å². The van der Waals surface area contributed by atoms with Crippen molar-refractivity contribution in [2.24, 2.45) is 5.73 Å². The minimum absolute atomic E-state index is 0.427. The average molecular weight is 216 g/mol. The number of rotatable bonds is 2. The largest absolute Gasteiger partial charge is 0.325 e. The number of aryl methyl sites for hydroxylation is 2. The van der Waals surface area contributed by atoms with Crippen molar-refractivity contribution in [3.8, 4) is 5.69 Å². The van der Waals surface area contributed by atoms with Crippen molar-refractivity contribution in [2.45, 2.75) is 27.3 Å². The zero-order valence-corrected chi connectivity index (χ0v) is 9.86. The van der Waals surface area contributed by atoms with E-state index >= 15 is 0 Å². The van der Waals surface area contributed by atoms with Crippen LogP contribution >= 0.6 is 0 Å². The second-order valence-corrected chi connectivity index (χ2v) is 4.03. The van der Waals surface area contributed by atoms with E-state index < -0.39 is 0 Å². The summed E-state index contributed by atoms with van der Waals surface area (Å²) in [6.45, 7) is 6.55. The van der Waals surface area contributed by atoms with Gasteiger partial charge in [0.25, 0.3) is 0 Å². The van der Waals surface area contributed by atoms with Crippen molar-refractivity contribution in [1.82, 2.24) is 15.0 Å². The molecule has 0 amide bonds. The predicted octanol–water partition coefficient (Wildman–Crippen LogP) is 1.65. The van der Waals surface area contributed by atoms with Crippen LogP contribution in [-0.4, -0.2) is 15.0 Å². The Morgan fingerprint density at radius 3 is 2.62 bits per heavy atom. The molecular formula is C12H16N4. The molecule has 0 aliphatic carbocycles. The fraction of sp³-hybridized carbons (Fsp3) is 0.333. The smallest absolute Gasteiger partial charge is 0.0996 e. The second-order valence-electron chi connectivity index (χ2n) is 4.03. The number of aromatic nitrogens is 3. The van der Waals surface area contributed by atoms with Gasteiger partial charge in [-0.1, -0.05) is 17.3 Å². The third kappa shape index (κ3) is 1.72. The van der Waals surface area contributed by atoms with E-state index in [0.717, 1.165) is 17.1 Å². The van der Waals surface area contributed by atoms with Crippen LogP contribution in [0.1, 0.15) is 22.5 Å². The fourth-order valence-corrected chi connectivity index (χ4v) is 1.73. The van der Waals surface area contributed by atoms with E-state index in [2.05, 4.69) is 42.4 Å². The first-order chi connectivity index (χ1) is 7.63. The minimum atomic E-state index is 0.427. The molecule has 1 aromatic heterocycles. The molecule has 0 spiro atoms. The lowest BCUT2D eigenvalue weighted by atomic mass is 10.1. The number of hydrogen-bond acceptors (Lipinski definition) is 3. The predicted molar refractivity (Wildman–Crippen MR) is 63.5 cm³/mol. The summed E-state index contributed by atoms with van der Waals surface area (Å²) in [5, 5.41) is 8.21. The van der Waals surface area contributed by atoms with Gasteiger partial charge in [-0.05, 0) is 38.0 Å². The maximum absolute atomic E-state index is 5.59. The Morgan fingerprint density at radius 1 is 1.25 bits per heavy atom. The average Bonchev–Trinajstić information content (AvgIpc) is 2.63. The maximum Gasteiger partial charge on any atom is 0.0996 e. The van der Waals surface area contributed by atoms with Crippen LogP contribution in [0.15, 0.2) is 18.2 Å². The molecule has 0 aliphatic rings. The molecule has 84 valence electrons. The topological polar surface area (TPSA) is 56.7 Å². The van der Waals surface area contributed by atoms with Crippen LogP contribution in [0.25, 0.3) is 5.69 Å². The highest BCUT2D eigenvalue weighted by Gasteiger charge is 2.10. The normalized spacial score (nSPS) is 10.8. The van der Waals surface area contributed by atoms with Crippen molar-refractivity contribution in [2.75, 3.05) is 0 Å². The van der Waals surface area contributed by atoms with Crippen LogP contribution in [0.3, 0.4) is 0 Å². The molecule has 16 heavy (non-hydrogen) atoms. The van der Waals surface area contributed by atoms with E-state index in [1.807, 2.05) is 11.6 Å². The Bertz CT molecular complexity index is 514. The molecule has 0 aliphatic heterocycles. The number of hydrogen-bond donors (Lipinski definition) is 1. The Labute approximate surface area is 95.1 Å². The van der Waals surface area contributed by atoms with Crippen molar-refractivity contribution in [3.05, 3.63) is 40.7 Å². The summed E-state index contributed by atoms with van der Waals surface area (Å²) in [4.78, 5) is 0. The van der Waals surface area contributed by atoms with Gasteiger partial charge in [-0.2, -0.15) is 0 Å². The summed E-state index contributed by atoms with van der Waals surface area (Å²) < 4.78 is 1.85. The Kier molecular flexibility index (Phi) is 2.75. The van der Waals surface area contributed by atoms with Crippen molar-refractivity contribution >= 4 is 0 Å². The van der Waals surface area contributed by atoms with Crippen LogP contribution in [0, 0.1) is 20.8 Å². The molecule has 2 rings (SSSR count). The van der Waals surface area contributed by atoms with E-state index in [-0.39, 0.29) is 0 Å². The molecule has 0 fully saturated rings. The van der Waals surface area contributed by atoms with E-state index in [1.165, 1.54) is 11.1 Å². The second kappa shape index (κ2) is 4.06. The highest BCUT2D eigenvalue weighted by atomic mass is 15.4. The van der Waals surface area contributed by atoms with E-state index in [4.69, 9.17) is 5.73 Å². The Hall–Kier alpha value is -1.68. The van der Waals surface area contributed by atoms with Crippen LogP contribution in [0.4, 0.5) is 0 Å². The molecule has 0 unspecified atom stereocenters. The lowest BCUT2D eigenvalue weighted by Gasteiger charge is -2.08. The molecule has 4 nitrogen and oxygen atoms in total. The van der Waals surface area contributed by atoms with Gasteiger partial charge in [-0.25, -0.2) is 4.68 Å². The Morgan fingerprint density at radius 2 is 2.00 bits per heavy atom. The quantitative estimate of drug-likeness (QED) is 0.830. The molecule has 0 radical (unpaired) electrons. The molecule has 0 saturated heterocycles. The van der Waals surface area contributed by atoms with Gasteiger partial charge in [-0.15, -0.1) is 5.10 Å². The van der Waals surface area contributed by atoms with Gasteiger partial charge in [0.15, 0.2) is 0 Å². The maximum atomic E-state index is 5.59. The van der Waals surface area contributed by atoms with Gasteiger partial charge in [0.2, 0.25) is 0 Å². The number of nitrogens with zero attached hydrogens (tertiary/aromatic N) is 3. The van der Waals surface area contributed by atoms with Crippen LogP contribution in [0.2, 0.25) is 0 Å². The van der Waals surface area contributed by atoms with Crippen molar-refractivity contribution in [3.63, 3.8) is 0 Å². The molecule has 2 N–H and O–H groups in total. The van der Waals surface area contributed by atoms with Gasteiger partial charge < -0.3 is 5.73 Å². The molecule has 1 aromatic carbocycles. The molecule has 2 aromatic rings. The van der Waals surface area contributed by atoms with Gasteiger partial charge in [-0.3, -0.25) is 0 Å². The number of benzene rings is 1. The van der Waals surface area contributed by atoms with E-state index in [0.29, 0.717) is 6.54 Å². The molecular weight excluding hydrogens is 200 g/mol. The summed E-state index contributed by atoms with van der Waals surface area (Å²) in [5.74, 6) is 0. The van der Waals surface area contributed by atoms with Gasteiger partial charge in [0, 0.05) is 6.54 Å². The summed E-state index contributed by atoms with van der Waals surface area (Å²) in [7, 11) is 0. The van der Waals surface area contributed by atoms with Gasteiger partial charge >= 0.3 is 0 Å². The fourth-order valence-electron chi connectivity index (χ4n) is 1.73. The molecule has 0 bridgehead atoms. The first-order valence-electron chi connectivity index (χ1n) is 5.32. The highest BCUT2D eigenvalue weighted by Crippen LogP contribution is 2.17. The van der Waals surface area contributed by atoms with Crippen molar-refractivity contribution < 1.29 is 0 Å². The van der Waals surface area contributed by atoms with Gasteiger partial charge in [0.1, 0.15) is 0 Å². The first-order valence-corrected chi connectivity index (χ1v) is 5.32. The molecule has 0 saturated carbocycles. The first kappa shape index (κ1) is 10.8. The Balaban J connectivity index is 2.58.